The lowest BCUT2D eigenvalue weighted by atomic mass is 9.97. The van der Waals surface area contributed by atoms with E-state index in [0.717, 1.165) is 0 Å². The average Bonchev–Trinajstić information content (AvgIpc) is 2.52. The first-order valence-electron chi connectivity index (χ1n) is 4.40. The Balaban J connectivity index is 2.24. The van der Waals surface area contributed by atoms with Crippen LogP contribution in [0.2, 0.25) is 10.4 Å². The molecule has 16 heavy (non-hydrogen) atoms. The molecule has 1 aromatic rings. The number of allylic oxidation sites excluding steroid dienone is 1. The van der Waals surface area contributed by atoms with Crippen LogP contribution in [-0.4, -0.2) is 13.6 Å². The van der Waals surface area contributed by atoms with Gasteiger partial charge in [-0.15, -0.1) is 0 Å². The third-order valence-electron chi connectivity index (χ3n) is 2.38. The van der Waals surface area contributed by atoms with Crippen molar-refractivity contribution in [3.8, 4) is 17.6 Å². The minimum Gasteiger partial charge on any atom is -0.459 e. The fourth-order valence-electron chi connectivity index (χ4n) is 1.71. The van der Waals surface area contributed by atoms with Crippen molar-refractivity contribution in [1.82, 2.24) is 9.97 Å². The molecule has 1 aliphatic carbocycles. The van der Waals surface area contributed by atoms with Crippen molar-refractivity contribution in [3.63, 3.8) is 0 Å². The van der Waals surface area contributed by atoms with Gasteiger partial charge < -0.3 is 4.74 Å². The van der Waals surface area contributed by atoms with Crippen molar-refractivity contribution in [2.24, 2.45) is 0 Å². The summed E-state index contributed by atoms with van der Waals surface area (Å²) in [6.45, 7) is 0. The summed E-state index contributed by atoms with van der Waals surface area (Å²) in [6.07, 6.45) is 3.72. The van der Waals surface area contributed by atoms with Gasteiger partial charge in [-0.1, -0.05) is 23.6 Å². The summed E-state index contributed by atoms with van der Waals surface area (Å²) in [5, 5.41) is 0.357. The molecule has 0 saturated heterocycles. The molecule has 0 amide bonds. The summed E-state index contributed by atoms with van der Waals surface area (Å²) >= 11 is 13.9. The van der Waals surface area contributed by atoms with Gasteiger partial charge in [0.05, 0.1) is 5.92 Å². The first-order valence-corrected chi connectivity index (χ1v) is 6.24. The van der Waals surface area contributed by atoms with Gasteiger partial charge in [-0.05, 0) is 46.2 Å². The van der Waals surface area contributed by atoms with Crippen LogP contribution in [0.3, 0.4) is 0 Å². The molecule has 80 valence electrons. The van der Waals surface area contributed by atoms with Gasteiger partial charge in [0.1, 0.15) is 5.69 Å². The normalized spacial score (nSPS) is 28.8. The average molecular weight is 365 g/mol. The van der Waals surface area contributed by atoms with Crippen LogP contribution in [0.5, 0.6) is 5.75 Å². The zero-order valence-corrected chi connectivity index (χ0v) is 11.3. The molecular weight excluding hydrogens is 362 g/mol. The van der Waals surface area contributed by atoms with Gasteiger partial charge in [0.15, 0.2) is 10.9 Å². The SMILES string of the molecule is Clc1nc(Cl)c2c(n1)C1C=CC#CC1(I)O2. The molecule has 3 rings (SSSR count). The number of nitrogens with zero attached hydrogens (tertiary/aromatic N) is 2. The fraction of sp³-hybridized carbons (Fsp3) is 0.200. The lowest BCUT2D eigenvalue weighted by Gasteiger charge is -2.21. The molecule has 2 aliphatic rings. The molecule has 0 fully saturated rings. The molecule has 6 heteroatoms. The maximum Gasteiger partial charge on any atom is 0.232 e. The lowest BCUT2D eigenvalue weighted by molar-refractivity contribution is 0.261. The topological polar surface area (TPSA) is 35.0 Å². The Morgan fingerprint density at radius 3 is 3.06 bits per heavy atom. The molecule has 0 aromatic carbocycles. The summed E-state index contributed by atoms with van der Waals surface area (Å²) in [6, 6.07) is 0. The van der Waals surface area contributed by atoms with Gasteiger partial charge >= 0.3 is 0 Å². The van der Waals surface area contributed by atoms with Gasteiger partial charge in [0, 0.05) is 0 Å². The lowest BCUT2D eigenvalue weighted by Crippen LogP contribution is -2.29. The Morgan fingerprint density at radius 2 is 2.25 bits per heavy atom. The van der Waals surface area contributed by atoms with Crippen molar-refractivity contribution in [2.45, 2.75) is 9.53 Å². The van der Waals surface area contributed by atoms with Crippen molar-refractivity contribution < 1.29 is 4.74 Å². The second-order valence-electron chi connectivity index (χ2n) is 3.35. The molecule has 2 unspecified atom stereocenters. The largest absolute Gasteiger partial charge is 0.459 e. The number of halogens is 3. The van der Waals surface area contributed by atoms with Crippen LogP contribution in [0.1, 0.15) is 11.6 Å². The monoisotopic (exact) mass is 364 g/mol. The highest BCUT2D eigenvalue weighted by molar-refractivity contribution is 14.1. The smallest absolute Gasteiger partial charge is 0.232 e. The number of ether oxygens (including phenoxy) is 1. The van der Waals surface area contributed by atoms with E-state index < -0.39 is 3.61 Å². The highest BCUT2D eigenvalue weighted by Crippen LogP contribution is 2.51. The van der Waals surface area contributed by atoms with E-state index in [4.69, 9.17) is 27.9 Å². The standard InChI is InChI=1S/C10H3Cl2IN2O/c11-8-7-6(14-9(12)15-8)5-3-1-2-4-10(5,13)16-7/h1,3,5H. The van der Waals surface area contributed by atoms with Crippen molar-refractivity contribution in [3.05, 3.63) is 28.3 Å². The van der Waals surface area contributed by atoms with Crippen LogP contribution in [0.15, 0.2) is 12.2 Å². The quantitative estimate of drug-likeness (QED) is 0.233. The highest BCUT2D eigenvalue weighted by Gasteiger charge is 2.48. The molecule has 1 aliphatic heterocycles. The van der Waals surface area contributed by atoms with E-state index in [1.165, 1.54) is 0 Å². The van der Waals surface area contributed by atoms with Gasteiger partial charge in [-0.2, -0.15) is 0 Å². The number of hydrogen-bond donors (Lipinski definition) is 0. The van der Waals surface area contributed by atoms with Crippen molar-refractivity contribution in [2.75, 3.05) is 0 Å². The van der Waals surface area contributed by atoms with Crippen molar-refractivity contribution in [1.29, 1.82) is 0 Å². The van der Waals surface area contributed by atoms with E-state index in [1.807, 2.05) is 6.08 Å². The van der Waals surface area contributed by atoms with Crippen LogP contribution >= 0.6 is 45.8 Å². The number of alkyl halides is 1. The Morgan fingerprint density at radius 1 is 1.44 bits per heavy atom. The first kappa shape index (κ1) is 10.6. The maximum absolute atomic E-state index is 5.97. The van der Waals surface area contributed by atoms with E-state index in [-0.39, 0.29) is 16.4 Å². The van der Waals surface area contributed by atoms with E-state index >= 15 is 0 Å². The predicted molar refractivity (Wildman–Crippen MR) is 69.1 cm³/mol. The van der Waals surface area contributed by atoms with Crippen LogP contribution in [0.25, 0.3) is 0 Å². The van der Waals surface area contributed by atoms with Crippen LogP contribution in [0, 0.1) is 11.8 Å². The summed E-state index contributed by atoms with van der Waals surface area (Å²) in [5.41, 5.74) is 0.699. The molecule has 0 N–H and O–H groups in total. The molecular formula is C10H3Cl2IN2O. The van der Waals surface area contributed by atoms with E-state index in [0.29, 0.717) is 11.4 Å². The summed E-state index contributed by atoms with van der Waals surface area (Å²) < 4.78 is 5.09. The molecule has 0 spiro atoms. The number of rotatable bonds is 0. The van der Waals surface area contributed by atoms with Gasteiger partial charge in [0.25, 0.3) is 0 Å². The molecule has 0 radical (unpaired) electrons. The Labute approximate surface area is 115 Å². The van der Waals surface area contributed by atoms with Crippen LogP contribution in [0.4, 0.5) is 0 Å². The minimum atomic E-state index is -0.641. The Hall–Kier alpha value is -0.510. The van der Waals surface area contributed by atoms with Gasteiger partial charge in [-0.25, -0.2) is 9.97 Å². The molecule has 2 atom stereocenters. The molecule has 0 saturated carbocycles. The molecule has 0 bridgehead atoms. The Kier molecular flexibility index (Phi) is 2.32. The van der Waals surface area contributed by atoms with Crippen molar-refractivity contribution >= 4 is 45.8 Å². The van der Waals surface area contributed by atoms with E-state index in [9.17, 15) is 0 Å². The number of hydrogen-bond acceptors (Lipinski definition) is 3. The van der Waals surface area contributed by atoms with Crippen LogP contribution in [-0.2, 0) is 0 Å². The number of aromatic nitrogens is 2. The third-order valence-corrected chi connectivity index (χ3v) is 3.97. The third kappa shape index (κ3) is 1.42. The minimum absolute atomic E-state index is 0.0534. The fourth-order valence-corrected chi connectivity index (χ4v) is 3.02. The van der Waals surface area contributed by atoms with Crippen LogP contribution < -0.4 is 4.74 Å². The molecule has 1 aromatic heterocycles. The Bertz CT molecular complexity index is 578. The maximum atomic E-state index is 5.97. The summed E-state index contributed by atoms with van der Waals surface area (Å²) in [4.78, 5) is 8.02. The van der Waals surface area contributed by atoms with Gasteiger partial charge in [0.2, 0.25) is 8.89 Å². The zero-order valence-electron chi connectivity index (χ0n) is 7.67. The highest BCUT2D eigenvalue weighted by atomic mass is 127. The zero-order chi connectivity index (χ0) is 11.3. The molecule has 2 heterocycles. The van der Waals surface area contributed by atoms with E-state index in [2.05, 4.69) is 44.4 Å². The summed E-state index contributed by atoms with van der Waals surface area (Å²) in [7, 11) is 0. The van der Waals surface area contributed by atoms with Gasteiger partial charge in [-0.3, -0.25) is 0 Å². The first-order chi connectivity index (χ1) is 7.60. The summed E-state index contributed by atoms with van der Waals surface area (Å²) in [5.74, 6) is 6.31. The second-order valence-corrected chi connectivity index (χ2v) is 5.65. The second kappa shape index (κ2) is 3.49. The predicted octanol–water partition coefficient (Wildman–Crippen LogP) is 2.96. The number of fused-ring (bicyclic) bond motifs is 3. The van der Waals surface area contributed by atoms with E-state index in [1.54, 1.807) is 6.08 Å². The molecule has 3 nitrogen and oxygen atoms in total.